The number of methoxy groups -OCH3 is 2. The van der Waals surface area contributed by atoms with Crippen molar-refractivity contribution in [2.45, 2.75) is 31.3 Å². The molecular weight excluding hydrogens is 378 g/mol. The van der Waals surface area contributed by atoms with Crippen LogP contribution in [0.4, 0.5) is 0 Å². The number of rotatable bonds is 6. The number of aliphatic hydroxyl groups is 1. The van der Waals surface area contributed by atoms with Crippen LogP contribution in [0.15, 0.2) is 42.5 Å². The predicted octanol–water partition coefficient (Wildman–Crippen LogP) is 3.80. The SMILES string of the molecule is COc1ccc(CCC(=O)N2CCC(O)(c3ccc(Cl)cc3)CC2)cc1OC. The number of halogens is 1. The van der Waals surface area contributed by atoms with E-state index in [4.69, 9.17) is 21.1 Å². The van der Waals surface area contributed by atoms with Crippen LogP contribution in [-0.2, 0) is 16.8 Å². The van der Waals surface area contributed by atoms with E-state index in [2.05, 4.69) is 0 Å². The molecule has 1 aliphatic heterocycles. The molecule has 1 fully saturated rings. The van der Waals surface area contributed by atoms with Gasteiger partial charge in [0, 0.05) is 24.5 Å². The van der Waals surface area contributed by atoms with E-state index < -0.39 is 5.60 Å². The van der Waals surface area contributed by atoms with E-state index in [1.54, 1.807) is 26.4 Å². The first kappa shape index (κ1) is 20.5. The zero-order valence-electron chi connectivity index (χ0n) is 16.3. The van der Waals surface area contributed by atoms with Gasteiger partial charge in [-0.15, -0.1) is 0 Å². The first-order chi connectivity index (χ1) is 13.4. The van der Waals surface area contributed by atoms with Gasteiger partial charge in [0.25, 0.3) is 0 Å². The summed E-state index contributed by atoms with van der Waals surface area (Å²) in [6.07, 6.45) is 2.11. The Hall–Kier alpha value is -2.24. The van der Waals surface area contributed by atoms with Gasteiger partial charge in [-0.3, -0.25) is 4.79 Å². The molecule has 2 aromatic rings. The number of carbonyl (C=O) groups excluding carboxylic acids is 1. The Bertz CT molecular complexity index is 814. The average Bonchev–Trinajstić information content (AvgIpc) is 2.72. The number of nitrogens with zero attached hydrogens (tertiary/aromatic N) is 1. The van der Waals surface area contributed by atoms with Crippen molar-refractivity contribution in [3.8, 4) is 11.5 Å². The van der Waals surface area contributed by atoms with E-state index in [0.717, 1.165) is 11.1 Å². The Balaban J connectivity index is 1.55. The Labute approximate surface area is 170 Å². The molecule has 3 rings (SSSR count). The van der Waals surface area contributed by atoms with Crippen LogP contribution >= 0.6 is 11.6 Å². The Kier molecular flexibility index (Phi) is 6.47. The maximum Gasteiger partial charge on any atom is 0.222 e. The number of ether oxygens (including phenoxy) is 2. The first-order valence-corrected chi connectivity index (χ1v) is 9.80. The number of likely N-dealkylation sites (tertiary alicyclic amines) is 1. The lowest BCUT2D eigenvalue weighted by Crippen LogP contribution is -2.45. The van der Waals surface area contributed by atoms with E-state index >= 15 is 0 Å². The molecule has 6 heteroatoms. The van der Waals surface area contributed by atoms with Crippen LogP contribution in [0, 0.1) is 0 Å². The number of piperidine rings is 1. The third-order valence-corrected chi connectivity index (χ3v) is 5.65. The Morgan fingerprint density at radius 3 is 2.32 bits per heavy atom. The van der Waals surface area contributed by atoms with Crippen molar-refractivity contribution in [3.05, 3.63) is 58.6 Å². The van der Waals surface area contributed by atoms with Gasteiger partial charge < -0.3 is 19.5 Å². The highest BCUT2D eigenvalue weighted by Crippen LogP contribution is 2.34. The molecule has 0 atom stereocenters. The zero-order chi connectivity index (χ0) is 20.1. The first-order valence-electron chi connectivity index (χ1n) is 9.42. The van der Waals surface area contributed by atoms with Crippen molar-refractivity contribution in [3.63, 3.8) is 0 Å². The monoisotopic (exact) mass is 403 g/mol. The second-order valence-electron chi connectivity index (χ2n) is 7.11. The average molecular weight is 404 g/mol. The van der Waals surface area contributed by atoms with Crippen molar-refractivity contribution in [2.75, 3.05) is 27.3 Å². The molecule has 1 aliphatic rings. The summed E-state index contributed by atoms with van der Waals surface area (Å²) in [4.78, 5) is 14.5. The van der Waals surface area contributed by atoms with E-state index in [1.807, 2.05) is 35.2 Å². The molecule has 1 saturated heterocycles. The summed E-state index contributed by atoms with van der Waals surface area (Å²) in [5, 5.41) is 11.6. The summed E-state index contributed by atoms with van der Waals surface area (Å²) in [6.45, 7) is 1.09. The number of hydrogen-bond donors (Lipinski definition) is 1. The van der Waals surface area contributed by atoms with Crippen molar-refractivity contribution in [2.24, 2.45) is 0 Å². The van der Waals surface area contributed by atoms with Crippen molar-refractivity contribution < 1.29 is 19.4 Å². The molecular formula is C22H26ClNO4. The van der Waals surface area contributed by atoms with Crippen molar-refractivity contribution in [1.29, 1.82) is 0 Å². The molecule has 0 saturated carbocycles. The van der Waals surface area contributed by atoms with Gasteiger partial charge in [-0.1, -0.05) is 29.8 Å². The summed E-state index contributed by atoms with van der Waals surface area (Å²) in [7, 11) is 3.20. The van der Waals surface area contributed by atoms with E-state index in [-0.39, 0.29) is 5.91 Å². The molecule has 0 unspecified atom stereocenters. The van der Waals surface area contributed by atoms with Gasteiger partial charge in [-0.2, -0.15) is 0 Å². The quantitative estimate of drug-likeness (QED) is 0.797. The number of aryl methyl sites for hydroxylation is 1. The lowest BCUT2D eigenvalue weighted by molar-refractivity contribution is -0.135. The third-order valence-electron chi connectivity index (χ3n) is 5.40. The molecule has 0 bridgehead atoms. The molecule has 28 heavy (non-hydrogen) atoms. The third kappa shape index (κ3) is 4.59. The van der Waals surface area contributed by atoms with Crippen molar-refractivity contribution >= 4 is 17.5 Å². The normalized spacial score (nSPS) is 15.9. The molecule has 0 radical (unpaired) electrons. The molecule has 1 amide bonds. The molecule has 0 aliphatic carbocycles. The summed E-state index contributed by atoms with van der Waals surface area (Å²) in [5.41, 5.74) is 0.986. The molecule has 5 nitrogen and oxygen atoms in total. The van der Waals surface area contributed by atoms with Crippen LogP contribution in [0.1, 0.15) is 30.4 Å². The van der Waals surface area contributed by atoms with Gasteiger partial charge >= 0.3 is 0 Å². The van der Waals surface area contributed by atoms with Crippen LogP contribution in [-0.4, -0.2) is 43.2 Å². The van der Waals surface area contributed by atoms with Crippen molar-refractivity contribution in [1.82, 2.24) is 4.90 Å². The summed E-state index contributed by atoms with van der Waals surface area (Å²) < 4.78 is 10.6. The summed E-state index contributed by atoms with van der Waals surface area (Å²) >= 11 is 5.93. The lowest BCUT2D eigenvalue weighted by atomic mass is 9.84. The highest BCUT2D eigenvalue weighted by molar-refractivity contribution is 6.30. The van der Waals surface area contributed by atoms with Gasteiger partial charge in [-0.25, -0.2) is 0 Å². The minimum absolute atomic E-state index is 0.105. The van der Waals surface area contributed by atoms with Gasteiger partial charge in [0.05, 0.1) is 19.8 Å². The Morgan fingerprint density at radius 1 is 1.07 bits per heavy atom. The maximum absolute atomic E-state index is 12.6. The topological polar surface area (TPSA) is 59.0 Å². The number of amides is 1. The van der Waals surface area contributed by atoms with Gasteiger partial charge in [0.15, 0.2) is 11.5 Å². The van der Waals surface area contributed by atoms with Gasteiger partial charge in [-0.05, 0) is 54.7 Å². The number of carbonyl (C=O) groups is 1. The lowest BCUT2D eigenvalue weighted by Gasteiger charge is -2.38. The Morgan fingerprint density at radius 2 is 1.71 bits per heavy atom. The van der Waals surface area contributed by atoms with Gasteiger partial charge in [0.2, 0.25) is 5.91 Å². The largest absolute Gasteiger partial charge is 0.493 e. The molecule has 0 spiro atoms. The van der Waals surface area contributed by atoms with Crippen LogP contribution in [0.5, 0.6) is 11.5 Å². The smallest absolute Gasteiger partial charge is 0.222 e. The minimum atomic E-state index is -0.898. The number of hydrogen-bond acceptors (Lipinski definition) is 4. The zero-order valence-corrected chi connectivity index (χ0v) is 17.0. The van der Waals surface area contributed by atoms with E-state index in [0.29, 0.717) is 55.3 Å². The van der Waals surface area contributed by atoms with Crippen LogP contribution in [0.25, 0.3) is 0 Å². The van der Waals surface area contributed by atoms with Crippen LogP contribution < -0.4 is 9.47 Å². The molecule has 150 valence electrons. The second-order valence-corrected chi connectivity index (χ2v) is 7.55. The molecule has 1 heterocycles. The maximum atomic E-state index is 12.6. The summed E-state index contributed by atoms with van der Waals surface area (Å²) in [6, 6.07) is 13.0. The van der Waals surface area contributed by atoms with Gasteiger partial charge in [0.1, 0.15) is 0 Å². The highest BCUT2D eigenvalue weighted by Gasteiger charge is 2.35. The molecule has 0 aromatic heterocycles. The van der Waals surface area contributed by atoms with E-state index in [1.165, 1.54) is 0 Å². The fraction of sp³-hybridized carbons (Fsp3) is 0.409. The fourth-order valence-corrected chi connectivity index (χ4v) is 3.75. The predicted molar refractivity (Wildman–Crippen MR) is 109 cm³/mol. The fourth-order valence-electron chi connectivity index (χ4n) is 3.62. The number of benzene rings is 2. The minimum Gasteiger partial charge on any atom is -0.493 e. The van der Waals surface area contributed by atoms with Crippen LogP contribution in [0.2, 0.25) is 5.02 Å². The van der Waals surface area contributed by atoms with E-state index in [9.17, 15) is 9.90 Å². The second kappa shape index (κ2) is 8.84. The summed E-state index contributed by atoms with van der Waals surface area (Å²) in [5.74, 6) is 1.45. The highest BCUT2D eigenvalue weighted by atomic mass is 35.5. The molecule has 1 N–H and O–H groups in total. The molecule has 2 aromatic carbocycles. The van der Waals surface area contributed by atoms with Crippen LogP contribution in [0.3, 0.4) is 0 Å². The standard InChI is InChI=1S/C22H26ClNO4/c1-27-19-9-3-16(15-20(19)28-2)4-10-21(25)24-13-11-22(26,12-14-24)17-5-7-18(23)8-6-17/h3,5-9,15,26H,4,10-14H2,1-2H3.